The van der Waals surface area contributed by atoms with E-state index in [0.29, 0.717) is 11.0 Å². The number of hydrogen-bond acceptors (Lipinski definition) is 7. The molecular weight excluding hydrogens is 398 g/mol. The van der Waals surface area contributed by atoms with Gasteiger partial charge in [0, 0.05) is 31.2 Å². The Bertz CT molecular complexity index is 786. The summed E-state index contributed by atoms with van der Waals surface area (Å²) >= 11 is 5.95. The maximum absolute atomic E-state index is 5.95. The zero-order valence-corrected chi connectivity index (χ0v) is 18.2. The van der Waals surface area contributed by atoms with Crippen molar-refractivity contribution in [3.63, 3.8) is 0 Å². The third kappa shape index (κ3) is 5.81. The van der Waals surface area contributed by atoms with Crippen LogP contribution in [0.1, 0.15) is 56.9 Å². The molecule has 160 valence electrons. The minimum absolute atomic E-state index is 0.494. The largest absolute Gasteiger partial charge is 0.341 e. The first-order chi connectivity index (χ1) is 14.8. The van der Waals surface area contributed by atoms with Crippen LogP contribution in [0.25, 0.3) is 0 Å². The topological polar surface area (TPSA) is 69.5 Å². The monoisotopic (exact) mass is 427 g/mol. The standard InChI is InChI=1S/C22H30ClN7/c23-19-11-9-18(10-12-19)17-24-28-20-25-21(29-13-5-1-2-6-14-29)27-22(26-20)30-15-7-3-4-8-16-30/h9-12,17H,1-8,13-16H2,(H,25,26,27,28). The summed E-state index contributed by atoms with van der Waals surface area (Å²) in [7, 11) is 0. The van der Waals surface area contributed by atoms with E-state index in [9.17, 15) is 0 Å². The number of anilines is 3. The molecule has 0 unspecified atom stereocenters. The number of rotatable bonds is 5. The molecule has 2 saturated heterocycles. The average Bonchev–Trinajstić information content (AvgIpc) is 3.21. The number of hydrogen-bond donors (Lipinski definition) is 1. The quantitative estimate of drug-likeness (QED) is 0.549. The van der Waals surface area contributed by atoms with Gasteiger partial charge in [-0.2, -0.15) is 20.1 Å². The van der Waals surface area contributed by atoms with Crippen LogP contribution in [0.3, 0.4) is 0 Å². The van der Waals surface area contributed by atoms with Crippen LogP contribution in [0, 0.1) is 0 Å². The number of nitrogens with zero attached hydrogens (tertiary/aromatic N) is 6. The van der Waals surface area contributed by atoms with Crippen LogP contribution in [-0.2, 0) is 0 Å². The summed E-state index contributed by atoms with van der Waals surface area (Å²) in [5, 5.41) is 5.05. The van der Waals surface area contributed by atoms with Crippen molar-refractivity contribution in [2.24, 2.45) is 5.10 Å². The van der Waals surface area contributed by atoms with Crippen molar-refractivity contribution in [3.8, 4) is 0 Å². The Kier molecular flexibility index (Phi) is 7.34. The molecule has 1 aromatic heterocycles. The van der Waals surface area contributed by atoms with Gasteiger partial charge in [-0.1, -0.05) is 49.4 Å². The van der Waals surface area contributed by atoms with Gasteiger partial charge in [0.15, 0.2) is 0 Å². The number of nitrogens with one attached hydrogen (secondary N) is 1. The number of aromatic nitrogens is 3. The van der Waals surface area contributed by atoms with E-state index in [4.69, 9.17) is 26.6 Å². The van der Waals surface area contributed by atoms with Gasteiger partial charge in [-0.3, -0.25) is 0 Å². The highest BCUT2D eigenvalue weighted by atomic mass is 35.5. The first-order valence-electron chi connectivity index (χ1n) is 11.1. The van der Waals surface area contributed by atoms with Crippen LogP contribution in [0.5, 0.6) is 0 Å². The fraction of sp³-hybridized carbons (Fsp3) is 0.545. The lowest BCUT2D eigenvalue weighted by molar-refractivity contribution is 0.726. The summed E-state index contributed by atoms with van der Waals surface area (Å²) in [6.07, 6.45) is 11.6. The van der Waals surface area contributed by atoms with E-state index in [1.807, 2.05) is 24.3 Å². The molecule has 2 aromatic rings. The smallest absolute Gasteiger partial charge is 0.250 e. The molecule has 1 N–H and O–H groups in total. The number of halogens is 1. The first-order valence-corrected chi connectivity index (χ1v) is 11.5. The predicted octanol–water partition coefficient (Wildman–Crippen LogP) is 4.73. The maximum atomic E-state index is 5.95. The molecule has 0 aliphatic carbocycles. The molecule has 2 fully saturated rings. The van der Waals surface area contributed by atoms with Crippen molar-refractivity contribution in [1.82, 2.24) is 15.0 Å². The van der Waals surface area contributed by atoms with Crippen LogP contribution >= 0.6 is 11.6 Å². The van der Waals surface area contributed by atoms with E-state index in [1.165, 1.54) is 51.4 Å². The van der Waals surface area contributed by atoms with Gasteiger partial charge >= 0.3 is 0 Å². The zero-order valence-electron chi connectivity index (χ0n) is 17.4. The Morgan fingerprint density at radius 1 is 0.733 bits per heavy atom. The molecule has 0 amide bonds. The second-order valence-corrected chi connectivity index (χ2v) is 8.42. The lowest BCUT2D eigenvalue weighted by Crippen LogP contribution is -2.30. The van der Waals surface area contributed by atoms with Crippen LogP contribution in [0.4, 0.5) is 17.8 Å². The van der Waals surface area contributed by atoms with E-state index in [2.05, 4.69) is 20.3 Å². The van der Waals surface area contributed by atoms with Gasteiger partial charge in [0.05, 0.1) is 6.21 Å². The molecule has 0 bridgehead atoms. The highest BCUT2D eigenvalue weighted by Crippen LogP contribution is 2.22. The lowest BCUT2D eigenvalue weighted by atomic mass is 10.2. The molecule has 30 heavy (non-hydrogen) atoms. The van der Waals surface area contributed by atoms with Gasteiger partial charge in [0.1, 0.15) is 0 Å². The van der Waals surface area contributed by atoms with Crippen molar-refractivity contribution < 1.29 is 0 Å². The van der Waals surface area contributed by atoms with Gasteiger partial charge in [0.25, 0.3) is 0 Å². The molecule has 7 nitrogen and oxygen atoms in total. The van der Waals surface area contributed by atoms with Crippen molar-refractivity contribution in [2.45, 2.75) is 51.4 Å². The van der Waals surface area contributed by atoms with Crippen LogP contribution in [0.2, 0.25) is 5.02 Å². The fourth-order valence-corrected chi connectivity index (χ4v) is 4.07. The minimum atomic E-state index is 0.494. The van der Waals surface area contributed by atoms with E-state index < -0.39 is 0 Å². The molecule has 2 aliphatic heterocycles. The summed E-state index contributed by atoms with van der Waals surface area (Å²) in [6, 6.07) is 7.54. The van der Waals surface area contributed by atoms with Crippen LogP contribution in [-0.4, -0.2) is 47.3 Å². The van der Waals surface area contributed by atoms with Crippen LogP contribution < -0.4 is 15.2 Å². The third-order valence-corrected chi connectivity index (χ3v) is 5.89. The van der Waals surface area contributed by atoms with Crippen molar-refractivity contribution in [3.05, 3.63) is 34.9 Å². The highest BCUT2D eigenvalue weighted by Gasteiger charge is 2.19. The maximum Gasteiger partial charge on any atom is 0.250 e. The molecule has 0 atom stereocenters. The van der Waals surface area contributed by atoms with Gasteiger partial charge < -0.3 is 9.80 Å². The van der Waals surface area contributed by atoms with Crippen LogP contribution in [0.15, 0.2) is 29.4 Å². The highest BCUT2D eigenvalue weighted by molar-refractivity contribution is 6.30. The Hall–Kier alpha value is -2.41. The van der Waals surface area contributed by atoms with E-state index in [1.54, 1.807) is 6.21 Å². The lowest BCUT2D eigenvalue weighted by Gasteiger charge is -2.24. The SMILES string of the molecule is Clc1ccc(C=NNc2nc(N3CCCCCC3)nc(N3CCCCCC3)n2)cc1. The van der Waals surface area contributed by atoms with Gasteiger partial charge in [-0.05, 0) is 43.4 Å². The predicted molar refractivity (Wildman–Crippen MR) is 124 cm³/mol. The molecular formula is C22H30ClN7. The Morgan fingerprint density at radius 2 is 1.23 bits per heavy atom. The van der Waals surface area contributed by atoms with Crippen molar-refractivity contribution in [1.29, 1.82) is 0 Å². The molecule has 4 rings (SSSR count). The molecule has 8 heteroatoms. The normalized spacial score (nSPS) is 18.3. The molecule has 1 aromatic carbocycles. The Balaban J connectivity index is 1.56. The third-order valence-electron chi connectivity index (χ3n) is 5.64. The summed E-state index contributed by atoms with van der Waals surface area (Å²) in [6.45, 7) is 3.99. The molecule has 0 saturated carbocycles. The molecule has 3 heterocycles. The van der Waals surface area contributed by atoms with Crippen molar-refractivity contribution in [2.75, 3.05) is 41.4 Å². The van der Waals surface area contributed by atoms with Gasteiger partial charge in [0.2, 0.25) is 17.8 Å². The van der Waals surface area contributed by atoms with Gasteiger partial charge in [-0.25, -0.2) is 5.43 Å². The molecule has 0 spiro atoms. The number of hydrazone groups is 1. The summed E-state index contributed by atoms with van der Waals surface area (Å²) in [4.78, 5) is 18.8. The Morgan fingerprint density at radius 3 is 1.73 bits per heavy atom. The zero-order chi connectivity index (χ0) is 20.6. The number of benzene rings is 1. The fourth-order valence-electron chi connectivity index (χ4n) is 3.94. The van der Waals surface area contributed by atoms with Crippen molar-refractivity contribution >= 4 is 35.7 Å². The second-order valence-electron chi connectivity index (χ2n) is 7.98. The molecule has 0 radical (unpaired) electrons. The van der Waals surface area contributed by atoms with E-state index in [-0.39, 0.29) is 0 Å². The average molecular weight is 428 g/mol. The summed E-state index contributed by atoms with van der Waals surface area (Å²) < 4.78 is 0. The minimum Gasteiger partial charge on any atom is -0.341 e. The second kappa shape index (κ2) is 10.6. The molecule has 2 aliphatic rings. The van der Waals surface area contributed by atoms with E-state index >= 15 is 0 Å². The van der Waals surface area contributed by atoms with Gasteiger partial charge in [-0.15, -0.1) is 0 Å². The summed E-state index contributed by atoms with van der Waals surface area (Å²) in [5.41, 5.74) is 3.98. The van der Waals surface area contributed by atoms with E-state index in [0.717, 1.165) is 43.6 Å². The Labute approximate surface area is 183 Å². The first kappa shape index (κ1) is 20.8. The summed E-state index contributed by atoms with van der Waals surface area (Å²) in [5.74, 6) is 2.01.